The number of carbonyl (C=O) groups is 1. The number of hydrogen-bond acceptors (Lipinski definition) is 7. The number of benzene rings is 1. The van der Waals surface area contributed by atoms with E-state index < -0.39 is 5.60 Å². The number of aromatic nitrogens is 2. The molecule has 1 amide bonds. The Morgan fingerprint density at radius 1 is 1.29 bits per heavy atom. The lowest BCUT2D eigenvalue weighted by Gasteiger charge is -2.31. The fraction of sp³-hybridized carbons (Fsp3) is 0.346. The van der Waals surface area contributed by atoms with Crippen LogP contribution in [-0.2, 0) is 11.2 Å². The number of hydrogen-bond donors (Lipinski definition) is 2. The molecular formula is C26H29N5O3. The Labute approximate surface area is 199 Å². The van der Waals surface area contributed by atoms with E-state index >= 15 is 0 Å². The van der Waals surface area contributed by atoms with E-state index in [0.717, 1.165) is 46.9 Å². The predicted molar refractivity (Wildman–Crippen MR) is 131 cm³/mol. The van der Waals surface area contributed by atoms with Gasteiger partial charge in [-0.05, 0) is 51.0 Å². The SMILES string of the molecule is CC(C)(C)OC(=O)N1CC=C(C2Cc3c(Nc4cccc(-c5cnco5)c4)ccnc3N2)CC1. The van der Waals surface area contributed by atoms with Gasteiger partial charge < -0.3 is 24.7 Å². The number of fused-ring (bicyclic) bond motifs is 1. The number of amides is 1. The third kappa shape index (κ3) is 4.76. The second-order valence-corrected chi connectivity index (χ2v) is 9.61. The molecule has 0 bridgehead atoms. The molecule has 1 atom stereocenters. The molecule has 8 nitrogen and oxygen atoms in total. The summed E-state index contributed by atoms with van der Waals surface area (Å²) in [6, 6.07) is 10.2. The smallest absolute Gasteiger partial charge is 0.410 e. The minimum absolute atomic E-state index is 0.173. The van der Waals surface area contributed by atoms with Crippen molar-refractivity contribution in [2.24, 2.45) is 0 Å². The lowest BCUT2D eigenvalue weighted by atomic mass is 9.97. The normalized spacial score (nSPS) is 17.6. The summed E-state index contributed by atoms with van der Waals surface area (Å²) in [7, 11) is 0. The van der Waals surface area contributed by atoms with Crippen LogP contribution in [0.15, 0.2) is 65.2 Å². The number of ether oxygens (including phenoxy) is 1. The van der Waals surface area contributed by atoms with E-state index in [1.807, 2.05) is 57.3 Å². The predicted octanol–water partition coefficient (Wildman–Crippen LogP) is 5.38. The Morgan fingerprint density at radius 3 is 2.91 bits per heavy atom. The molecule has 1 unspecified atom stereocenters. The van der Waals surface area contributed by atoms with E-state index in [1.54, 1.807) is 11.1 Å². The van der Waals surface area contributed by atoms with Crippen molar-refractivity contribution in [3.63, 3.8) is 0 Å². The Balaban J connectivity index is 1.27. The monoisotopic (exact) mass is 459 g/mol. The molecule has 2 aliphatic heterocycles. The molecule has 0 spiro atoms. The standard InChI is InChI=1S/C26H29N5O3/c1-26(2,3)34-25(32)31-11-8-17(9-12-31)22-14-20-21(7-10-28-24(20)30-22)29-19-6-4-5-18(13-19)23-15-27-16-33-23/h4-8,10,13,15-16,22H,9,11-12,14H2,1-3H3,(H2,28,29,30). The first-order chi connectivity index (χ1) is 16.4. The first-order valence-corrected chi connectivity index (χ1v) is 11.5. The summed E-state index contributed by atoms with van der Waals surface area (Å²) >= 11 is 0. The molecule has 0 fully saturated rings. The molecule has 176 valence electrons. The van der Waals surface area contributed by atoms with Gasteiger partial charge in [-0.25, -0.2) is 14.8 Å². The quantitative estimate of drug-likeness (QED) is 0.506. The summed E-state index contributed by atoms with van der Waals surface area (Å²) in [5, 5.41) is 7.11. The number of pyridine rings is 1. The number of oxazole rings is 1. The van der Waals surface area contributed by atoms with Crippen molar-refractivity contribution in [2.45, 2.75) is 45.3 Å². The van der Waals surface area contributed by atoms with Crippen LogP contribution in [0.3, 0.4) is 0 Å². The molecular weight excluding hydrogens is 430 g/mol. The molecule has 0 saturated heterocycles. The van der Waals surface area contributed by atoms with Crippen LogP contribution in [0.25, 0.3) is 11.3 Å². The van der Waals surface area contributed by atoms with Gasteiger partial charge in [0.05, 0.1) is 12.2 Å². The van der Waals surface area contributed by atoms with Crippen molar-refractivity contribution in [2.75, 3.05) is 23.7 Å². The molecule has 4 heterocycles. The zero-order valence-electron chi connectivity index (χ0n) is 19.7. The minimum Gasteiger partial charge on any atom is -0.444 e. The minimum atomic E-state index is -0.487. The zero-order chi connectivity index (χ0) is 23.7. The summed E-state index contributed by atoms with van der Waals surface area (Å²) in [5.74, 6) is 1.63. The van der Waals surface area contributed by atoms with Gasteiger partial charge >= 0.3 is 6.09 Å². The molecule has 3 aromatic rings. The van der Waals surface area contributed by atoms with Gasteiger partial charge in [-0.1, -0.05) is 18.2 Å². The summed E-state index contributed by atoms with van der Waals surface area (Å²) < 4.78 is 10.9. The molecule has 1 aromatic carbocycles. The summed E-state index contributed by atoms with van der Waals surface area (Å²) in [6.45, 7) is 6.88. The number of carbonyl (C=O) groups excluding carboxylic acids is 1. The van der Waals surface area contributed by atoms with E-state index in [1.165, 1.54) is 12.0 Å². The van der Waals surface area contributed by atoms with Gasteiger partial charge in [0.1, 0.15) is 11.4 Å². The Morgan fingerprint density at radius 2 is 2.18 bits per heavy atom. The second kappa shape index (κ2) is 8.85. The highest BCUT2D eigenvalue weighted by Crippen LogP contribution is 2.36. The molecule has 0 radical (unpaired) electrons. The van der Waals surface area contributed by atoms with Gasteiger partial charge in [0.2, 0.25) is 0 Å². The highest BCUT2D eigenvalue weighted by Gasteiger charge is 2.30. The van der Waals surface area contributed by atoms with E-state index in [0.29, 0.717) is 13.1 Å². The van der Waals surface area contributed by atoms with Crippen LogP contribution in [0.1, 0.15) is 32.8 Å². The Hall–Kier alpha value is -3.81. The van der Waals surface area contributed by atoms with E-state index in [4.69, 9.17) is 9.15 Å². The van der Waals surface area contributed by atoms with Gasteiger partial charge in [-0.3, -0.25) is 0 Å². The van der Waals surface area contributed by atoms with Crippen molar-refractivity contribution in [1.29, 1.82) is 0 Å². The number of rotatable bonds is 4. The zero-order valence-corrected chi connectivity index (χ0v) is 19.7. The molecule has 2 aliphatic rings. The van der Waals surface area contributed by atoms with Gasteiger partial charge in [-0.2, -0.15) is 0 Å². The highest BCUT2D eigenvalue weighted by molar-refractivity contribution is 5.74. The number of nitrogens with zero attached hydrogens (tertiary/aromatic N) is 3. The second-order valence-electron chi connectivity index (χ2n) is 9.61. The lowest BCUT2D eigenvalue weighted by Crippen LogP contribution is -2.40. The fourth-order valence-electron chi connectivity index (χ4n) is 4.34. The topological polar surface area (TPSA) is 92.5 Å². The summed E-state index contributed by atoms with van der Waals surface area (Å²) in [4.78, 5) is 22.7. The first kappa shape index (κ1) is 22.0. The molecule has 2 N–H and O–H groups in total. The third-order valence-electron chi connectivity index (χ3n) is 5.98. The highest BCUT2D eigenvalue weighted by atomic mass is 16.6. The van der Waals surface area contributed by atoms with Crippen molar-refractivity contribution < 1.29 is 13.9 Å². The molecule has 5 rings (SSSR count). The van der Waals surface area contributed by atoms with Crippen molar-refractivity contribution in [3.05, 3.63) is 66.3 Å². The van der Waals surface area contributed by atoms with Crippen molar-refractivity contribution >= 4 is 23.3 Å². The van der Waals surface area contributed by atoms with E-state index in [2.05, 4.69) is 26.7 Å². The Bertz CT molecular complexity index is 1210. The van der Waals surface area contributed by atoms with Gasteiger partial charge in [0.25, 0.3) is 0 Å². The lowest BCUT2D eigenvalue weighted by molar-refractivity contribution is 0.0265. The Kier molecular flexibility index (Phi) is 5.73. The van der Waals surface area contributed by atoms with Crippen LogP contribution >= 0.6 is 0 Å². The van der Waals surface area contributed by atoms with Crippen molar-refractivity contribution in [1.82, 2.24) is 14.9 Å². The van der Waals surface area contributed by atoms with Gasteiger partial charge in [-0.15, -0.1) is 0 Å². The number of anilines is 3. The van der Waals surface area contributed by atoms with E-state index in [-0.39, 0.29) is 12.1 Å². The average Bonchev–Trinajstić information content (AvgIpc) is 3.49. The van der Waals surface area contributed by atoms with E-state index in [9.17, 15) is 4.79 Å². The van der Waals surface area contributed by atoms with Crippen LogP contribution in [0.2, 0.25) is 0 Å². The molecule has 0 aliphatic carbocycles. The van der Waals surface area contributed by atoms with Gasteiger partial charge in [0.15, 0.2) is 12.2 Å². The average molecular weight is 460 g/mol. The largest absolute Gasteiger partial charge is 0.444 e. The molecule has 34 heavy (non-hydrogen) atoms. The van der Waals surface area contributed by atoms with Crippen LogP contribution < -0.4 is 10.6 Å². The van der Waals surface area contributed by atoms with Gasteiger partial charge in [0, 0.05) is 48.2 Å². The maximum absolute atomic E-state index is 12.4. The number of nitrogens with one attached hydrogen (secondary N) is 2. The third-order valence-corrected chi connectivity index (χ3v) is 5.98. The first-order valence-electron chi connectivity index (χ1n) is 11.5. The maximum Gasteiger partial charge on any atom is 0.410 e. The van der Waals surface area contributed by atoms with Crippen LogP contribution in [-0.4, -0.2) is 45.7 Å². The molecule has 2 aromatic heterocycles. The van der Waals surface area contributed by atoms with Crippen LogP contribution in [0.4, 0.5) is 22.0 Å². The van der Waals surface area contributed by atoms with Crippen LogP contribution in [0, 0.1) is 0 Å². The summed E-state index contributed by atoms with van der Waals surface area (Å²) in [6.07, 6.45) is 8.49. The molecule has 0 saturated carbocycles. The molecule has 8 heteroatoms. The fourth-order valence-corrected chi connectivity index (χ4v) is 4.34. The maximum atomic E-state index is 12.4. The van der Waals surface area contributed by atoms with Crippen molar-refractivity contribution in [3.8, 4) is 11.3 Å². The summed E-state index contributed by atoms with van der Waals surface area (Å²) in [5.41, 5.74) is 4.94. The van der Waals surface area contributed by atoms with Crippen LogP contribution in [0.5, 0.6) is 0 Å².